The predicted octanol–water partition coefficient (Wildman–Crippen LogP) is 2.63. The smallest absolute Gasteiger partial charge is 0.358 e. The highest BCUT2D eigenvalue weighted by molar-refractivity contribution is 9.10. The molecule has 92 valence electrons. The first-order valence-corrected chi connectivity index (χ1v) is 5.57. The van der Waals surface area contributed by atoms with Crippen LogP contribution in [0.5, 0.6) is 0 Å². The lowest BCUT2D eigenvalue weighted by Gasteiger charge is -2.04. The average molecular weight is 365 g/mol. The number of fused-ring (bicyclic) bond motifs is 1. The topological polar surface area (TPSA) is 56.5 Å². The van der Waals surface area contributed by atoms with Crippen LogP contribution in [0.15, 0.2) is 23.2 Å². The van der Waals surface area contributed by atoms with Crippen LogP contribution in [0.4, 0.5) is 0 Å². The standard InChI is InChI=1S/C10H10BrN3O2.BrH/c1-6(2)16-10(15)7-5-14-4-3-12-8(11)9(14)13-7;/h3-6H,1-2H3;1H. The Morgan fingerprint density at radius 1 is 1.53 bits per heavy atom. The van der Waals surface area contributed by atoms with Crippen LogP contribution in [0.25, 0.3) is 5.65 Å². The van der Waals surface area contributed by atoms with Crippen molar-refractivity contribution in [2.75, 3.05) is 0 Å². The Morgan fingerprint density at radius 2 is 2.24 bits per heavy atom. The minimum absolute atomic E-state index is 0. The number of hydrogen-bond donors (Lipinski definition) is 0. The zero-order valence-corrected chi connectivity index (χ0v) is 12.6. The van der Waals surface area contributed by atoms with Crippen LogP contribution in [-0.2, 0) is 4.74 Å². The molecule has 0 saturated heterocycles. The van der Waals surface area contributed by atoms with E-state index in [1.165, 1.54) is 0 Å². The maximum absolute atomic E-state index is 11.6. The first-order chi connectivity index (χ1) is 7.58. The van der Waals surface area contributed by atoms with Gasteiger partial charge in [0.15, 0.2) is 11.3 Å². The van der Waals surface area contributed by atoms with Crippen molar-refractivity contribution in [1.82, 2.24) is 14.4 Å². The van der Waals surface area contributed by atoms with E-state index in [4.69, 9.17) is 4.74 Å². The number of halogens is 2. The Kier molecular flexibility index (Phi) is 4.64. The molecule has 0 atom stereocenters. The second-order valence-corrected chi connectivity index (χ2v) is 4.28. The maximum atomic E-state index is 11.6. The number of aromatic nitrogens is 3. The van der Waals surface area contributed by atoms with Gasteiger partial charge in [0, 0.05) is 18.6 Å². The molecule has 2 rings (SSSR count). The number of esters is 1. The Hall–Kier alpha value is -0.950. The second-order valence-electron chi connectivity index (χ2n) is 3.53. The van der Waals surface area contributed by atoms with E-state index in [9.17, 15) is 4.79 Å². The van der Waals surface area contributed by atoms with Gasteiger partial charge >= 0.3 is 5.97 Å². The summed E-state index contributed by atoms with van der Waals surface area (Å²) >= 11 is 3.26. The monoisotopic (exact) mass is 363 g/mol. The van der Waals surface area contributed by atoms with Gasteiger partial charge in [-0.05, 0) is 29.8 Å². The summed E-state index contributed by atoms with van der Waals surface area (Å²) in [6, 6.07) is 0. The van der Waals surface area contributed by atoms with Gasteiger partial charge < -0.3 is 9.14 Å². The molecule has 0 radical (unpaired) electrons. The zero-order valence-electron chi connectivity index (χ0n) is 9.25. The summed E-state index contributed by atoms with van der Waals surface area (Å²) in [6.07, 6.45) is 4.81. The lowest BCUT2D eigenvalue weighted by atomic mass is 10.4. The van der Waals surface area contributed by atoms with Crippen molar-refractivity contribution in [1.29, 1.82) is 0 Å². The fraction of sp³-hybridized carbons (Fsp3) is 0.300. The molecule has 0 spiro atoms. The average Bonchev–Trinajstić information content (AvgIpc) is 2.61. The molecule has 0 aliphatic carbocycles. The molecule has 0 amide bonds. The van der Waals surface area contributed by atoms with Gasteiger partial charge in [-0.1, -0.05) is 0 Å². The molecule has 0 aliphatic heterocycles. The molecule has 2 heterocycles. The van der Waals surface area contributed by atoms with Crippen molar-refractivity contribution < 1.29 is 9.53 Å². The molecule has 7 heteroatoms. The molecular formula is C10H11Br2N3O2. The van der Waals surface area contributed by atoms with Crippen molar-refractivity contribution in [3.05, 3.63) is 28.9 Å². The van der Waals surface area contributed by atoms with Gasteiger partial charge in [-0.15, -0.1) is 17.0 Å². The molecule has 2 aromatic heterocycles. The second kappa shape index (κ2) is 5.59. The van der Waals surface area contributed by atoms with Crippen LogP contribution >= 0.6 is 32.9 Å². The molecule has 5 nitrogen and oxygen atoms in total. The van der Waals surface area contributed by atoms with E-state index < -0.39 is 5.97 Å². The summed E-state index contributed by atoms with van der Waals surface area (Å²) in [5.41, 5.74) is 0.876. The summed E-state index contributed by atoms with van der Waals surface area (Å²) < 4.78 is 7.37. The lowest BCUT2D eigenvalue weighted by molar-refractivity contribution is 0.0371. The molecule has 0 saturated carbocycles. The first-order valence-electron chi connectivity index (χ1n) is 4.78. The van der Waals surface area contributed by atoms with Gasteiger partial charge in [0.2, 0.25) is 0 Å². The summed E-state index contributed by atoms with van der Waals surface area (Å²) in [7, 11) is 0. The SMILES string of the molecule is Br.CC(C)OC(=O)c1cn2ccnc(Br)c2n1. The minimum atomic E-state index is -0.425. The molecular weight excluding hydrogens is 354 g/mol. The van der Waals surface area contributed by atoms with Crippen LogP contribution in [0, 0.1) is 0 Å². The molecule has 0 fully saturated rings. The van der Waals surface area contributed by atoms with Crippen LogP contribution in [0.2, 0.25) is 0 Å². The summed E-state index contributed by atoms with van der Waals surface area (Å²) in [5.74, 6) is -0.425. The third-order valence-electron chi connectivity index (χ3n) is 1.88. The van der Waals surface area contributed by atoms with Gasteiger partial charge in [-0.25, -0.2) is 14.8 Å². The van der Waals surface area contributed by atoms with Crippen LogP contribution in [0.1, 0.15) is 24.3 Å². The van der Waals surface area contributed by atoms with E-state index in [1.807, 2.05) is 0 Å². The first kappa shape index (κ1) is 14.1. The highest BCUT2D eigenvalue weighted by atomic mass is 79.9. The van der Waals surface area contributed by atoms with Crippen LogP contribution in [0.3, 0.4) is 0 Å². The van der Waals surface area contributed by atoms with E-state index in [-0.39, 0.29) is 28.8 Å². The number of rotatable bonds is 2. The highest BCUT2D eigenvalue weighted by Gasteiger charge is 2.14. The van der Waals surface area contributed by atoms with E-state index in [0.717, 1.165) is 0 Å². The molecule has 0 bridgehead atoms. The highest BCUT2D eigenvalue weighted by Crippen LogP contribution is 2.14. The van der Waals surface area contributed by atoms with Gasteiger partial charge in [0.05, 0.1) is 6.10 Å². The Morgan fingerprint density at radius 3 is 2.82 bits per heavy atom. The Bertz CT molecular complexity index is 539. The fourth-order valence-electron chi connectivity index (χ4n) is 1.26. The molecule has 0 N–H and O–H groups in total. The van der Waals surface area contributed by atoms with Gasteiger partial charge in [0.25, 0.3) is 0 Å². The van der Waals surface area contributed by atoms with E-state index >= 15 is 0 Å². The third kappa shape index (κ3) is 3.04. The Labute approximate surface area is 117 Å². The molecule has 17 heavy (non-hydrogen) atoms. The largest absolute Gasteiger partial charge is 0.458 e. The lowest BCUT2D eigenvalue weighted by Crippen LogP contribution is -2.11. The fourth-order valence-corrected chi connectivity index (χ4v) is 1.67. The van der Waals surface area contributed by atoms with Gasteiger partial charge in [-0.3, -0.25) is 0 Å². The van der Waals surface area contributed by atoms with Crippen molar-refractivity contribution in [3.63, 3.8) is 0 Å². The Balaban J connectivity index is 0.00000144. The van der Waals surface area contributed by atoms with Gasteiger partial charge in [-0.2, -0.15) is 0 Å². The quantitative estimate of drug-likeness (QED) is 0.768. The predicted molar refractivity (Wildman–Crippen MR) is 71.6 cm³/mol. The molecule has 0 aliphatic rings. The summed E-state index contributed by atoms with van der Waals surface area (Å²) in [6.45, 7) is 3.59. The van der Waals surface area contributed by atoms with E-state index in [0.29, 0.717) is 10.3 Å². The molecule has 0 aromatic carbocycles. The number of carbonyl (C=O) groups is 1. The normalized spacial score (nSPS) is 10.4. The third-order valence-corrected chi connectivity index (χ3v) is 2.44. The number of carbonyl (C=O) groups excluding carboxylic acids is 1. The van der Waals surface area contributed by atoms with Crippen molar-refractivity contribution in [2.24, 2.45) is 0 Å². The molecule has 2 aromatic rings. The molecule has 0 unspecified atom stereocenters. The number of ether oxygens (including phenoxy) is 1. The summed E-state index contributed by atoms with van der Waals surface area (Å²) in [4.78, 5) is 19.8. The van der Waals surface area contributed by atoms with Crippen molar-refractivity contribution >= 4 is 44.5 Å². The van der Waals surface area contributed by atoms with Crippen molar-refractivity contribution in [2.45, 2.75) is 20.0 Å². The van der Waals surface area contributed by atoms with Crippen LogP contribution < -0.4 is 0 Å². The van der Waals surface area contributed by atoms with Crippen molar-refractivity contribution in [3.8, 4) is 0 Å². The minimum Gasteiger partial charge on any atom is -0.458 e. The van der Waals surface area contributed by atoms with Gasteiger partial charge in [0.1, 0.15) is 4.60 Å². The number of nitrogens with zero attached hydrogens (tertiary/aromatic N) is 3. The summed E-state index contributed by atoms with van der Waals surface area (Å²) in [5, 5.41) is 0. The zero-order chi connectivity index (χ0) is 11.7. The number of imidazole rings is 1. The van der Waals surface area contributed by atoms with Crippen LogP contribution in [-0.4, -0.2) is 26.4 Å². The van der Waals surface area contributed by atoms with E-state index in [1.54, 1.807) is 36.8 Å². The maximum Gasteiger partial charge on any atom is 0.358 e. The van der Waals surface area contributed by atoms with E-state index in [2.05, 4.69) is 25.9 Å². The number of hydrogen-bond acceptors (Lipinski definition) is 4.